The summed E-state index contributed by atoms with van der Waals surface area (Å²) in [7, 11) is 0. The van der Waals surface area contributed by atoms with Crippen LogP contribution in [0.2, 0.25) is 5.15 Å². The predicted molar refractivity (Wildman–Crippen MR) is 60.4 cm³/mol. The molecule has 2 N–H and O–H groups in total. The number of amides is 1. The molecule has 1 aromatic rings. The van der Waals surface area contributed by atoms with E-state index < -0.39 is 5.54 Å². The molecular weight excluding hydrogens is 228 g/mol. The van der Waals surface area contributed by atoms with Gasteiger partial charge in [-0.05, 0) is 31.4 Å². The van der Waals surface area contributed by atoms with Gasteiger partial charge in [-0.15, -0.1) is 0 Å². The molecule has 1 saturated carbocycles. The maximum absolute atomic E-state index is 11.9. The van der Waals surface area contributed by atoms with Crippen LogP contribution in [0.3, 0.4) is 0 Å². The van der Waals surface area contributed by atoms with Crippen LogP contribution in [-0.4, -0.2) is 28.1 Å². The third-order valence-electron chi connectivity index (χ3n) is 2.98. The molecule has 0 bridgehead atoms. The van der Waals surface area contributed by atoms with Gasteiger partial charge in [-0.3, -0.25) is 4.79 Å². The Morgan fingerprint density at radius 1 is 1.62 bits per heavy atom. The highest BCUT2D eigenvalue weighted by Gasteiger charge is 2.37. The minimum atomic E-state index is -0.424. The Balaban J connectivity index is 2.08. The summed E-state index contributed by atoms with van der Waals surface area (Å²) in [4.78, 5) is 15.7. The molecule has 86 valence electrons. The average molecular weight is 241 g/mol. The molecule has 0 aromatic carbocycles. The summed E-state index contributed by atoms with van der Waals surface area (Å²) in [5.41, 5.74) is 0.0482. The molecule has 0 unspecified atom stereocenters. The number of pyridine rings is 1. The van der Waals surface area contributed by atoms with Crippen molar-refractivity contribution in [2.24, 2.45) is 0 Å². The fourth-order valence-electron chi connectivity index (χ4n) is 1.78. The van der Waals surface area contributed by atoms with Crippen molar-refractivity contribution in [3.63, 3.8) is 0 Å². The molecule has 1 heterocycles. The van der Waals surface area contributed by atoms with Crippen LogP contribution < -0.4 is 5.32 Å². The van der Waals surface area contributed by atoms with E-state index in [0.717, 1.165) is 19.3 Å². The molecule has 0 atom stereocenters. The van der Waals surface area contributed by atoms with Gasteiger partial charge in [0, 0.05) is 11.8 Å². The number of aromatic nitrogens is 1. The number of hydrogen-bond acceptors (Lipinski definition) is 3. The molecular formula is C11H13ClN2O2. The maximum Gasteiger partial charge on any atom is 0.251 e. The first kappa shape index (κ1) is 11.4. The highest BCUT2D eigenvalue weighted by atomic mass is 35.5. The third-order valence-corrected chi connectivity index (χ3v) is 3.19. The van der Waals surface area contributed by atoms with Crippen molar-refractivity contribution in [1.29, 1.82) is 0 Å². The fraction of sp³-hybridized carbons (Fsp3) is 0.455. The van der Waals surface area contributed by atoms with Crippen molar-refractivity contribution in [3.05, 3.63) is 29.0 Å². The molecule has 1 fully saturated rings. The van der Waals surface area contributed by atoms with Gasteiger partial charge in [0.05, 0.1) is 12.1 Å². The highest BCUT2D eigenvalue weighted by molar-refractivity contribution is 6.29. The van der Waals surface area contributed by atoms with Crippen LogP contribution in [0.4, 0.5) is 0 Å². The summed E-state index contributed by atoms with van der Waals surface area (Å²) >= 11 is 5.70. The van der Waals surface area contributed by atoms with Gasteiger partial charge in [0.15, 0.2) is 0 Å². The number of halogens is 1. The van der Waals surface area contributed by atoms with Crippen LogP contribution in [0.15, 0.2) is 18.3 Å². The molecule has 2 rings (SSSR count). The average Bonchev–Trinajstić information content (AvgIpc) is 2.23. The zero-order valence-corrected chi connectivity index (χ0v) is 9.50. The van der Waals surface area contributed by atoms with Gasteiger partial charge < -0.3 is 10.4 Å². The molecule has 1 amide bonds. The van der Waals surface area contributed by atoms with Crippen molar-refractivity contribution in [3.8, 4) is 0 Å². The lowest BCUT2D eigenvalue weighted by Crippen LogP contribution is -2.56. The molecule has 16 heavy (non-hydrogen) atoms. The van der Waals surface area contributed by atoms with Crippen molar-refractivity contribution >= 4 is 17.5 Å². The Kier molecular flexibility index (Phi) is 3.12. The first-order chi connectivity index (χ1) is 7.65. The summed E-state index contributed by atoms with van der Waals surface area (Å²) in [6, 6.07) is 3.12. The lowest BCUT2D eigenvalue weighted by molar-refractivity contribution is 0.0641. The SMILES string of the molecule is O=C(NC1(CO)CCC1)c1ccnc(Cl)c1. The number of carbonyl (C=O) groups is 1. The summed E-state index contributed by atoms with van der Waals surface area (Å²) < 4.78 is 0. The minimum Gasteiger partial charge on any atom is -0.394 e. The van der Waals surface area contributed by atoms with Gasteiger partial charge in [0.25, 0.3) is 5.91 Å². The van der Waals surface area contributed by atoms with E-state index in [0.29, 0.717) is 10.7 Å². The summed E-state index contributed by atoms with van der Waals surface area (Å²) in [5.74, 6) is -0.210. The monoisotopic (exact) mass is 240 g/mol. The van der Waals surface area contributed by atoms with E-state index in [4.69, 9.17) is 11.6 Å². The number of hydrogen-bond donors (Lipinski definition) is 2. The zero-order chi connectivity index (χ0) is 11.6. The Bertz CT molecular complexity index is 399. The van der Waals surface area contributed by atoms with Gasteiger partial charge in [0.2, 0.25) is 0 Å². The topological polar surface area (TPSA) is 62.2 Å². The van der Waals surface area contributed by atoms with Crippen LogP contribution >= 0.6 is 11.6 Å². The second-order valence-corrected chi connectivity index (χ2v) is 4.50. The Labute approximate surface area is 98.6 Å². The van der Waals surface area contributed by atoms with Crippen molar-refractivity contribution in [2.75, 3.05) is 6.61 Å². The molecule has 0 aliphatic heterocycles. The molecule has 0 saturated heterocycles. The first-order valence-corrected chi connectivity index (χ1v) is 5.58. The number of aliphatic hydroxyl groups is 1. The van der Waals surface area contributed by atoms with E-state index in [1.165, 1.54) is 12.3 Å². The molecule has 4 nitrogen and oxygen atoms in total. The first-order valence-electron chi connectivity index (χ1n) is 5.20. The van der Waals surface area contributed by atoms with Crippen LogP contribution in [0.5, 0.6) is 0 Å². The molecule has 0 radical (unpaired) electrons. The quantitative estimate of drug-likeness (QED) is 0.785. The van der Waals surface area contributed by atoms with Crippen LogP contribution in [-0.2, 0) is 0 Å². The largest absolute Gasteiger partial charge is 0.394 e. The Morgan fingerprint density at radius 2 is 2.38 bits per heavy atom. The van der Waals surface area contributed by atoms with Crippen molar-refractivity contribution in [2.45, 2.75) is 24.8 Å². The number of carbonyl (C=O) groups excluding carboxylic acids is 1. The van der Waals surface area contributed by atoms with Crippen molar-refractivity contribution in [1.82, 2.24) is 10.3 Å². The van der Waals surface area contributed by atoms with E-state index in [9.17, 15) is 9.90 Å². The van der Waals surface area contributed by atoms with Gasteiger partial charge in [0.1, 0.15) is 5.15 Å². The molecule has 1 aliphatic carbocycles. The Morgan fingerprint density at radius 3 is 2.88 bits per heavy atom. The number of nitrogens with zero attached hydrogens (tertiary/aromatic N) is 1. The van der Waals surface area contributed by atoms with Gasteiger partial charge in [-0.2, -0.15) is 0 Å². The minimum absolute atomic E-state index is 0.0163. The summed E-state index contributed by atoms with van der Waals surface area (Å²) in [6.45, 7) is -0.0163. The van der Waals surface area contributed by atoms with Crippen molar-refractivity contribution < 1.29 is 9.90 Å². The molecule has 0 spiro atoms. The molecule has 5 heteroatoms. The third kappa shape index (κ3) is 2.18. The van der Waals surface area contributed by atoms with E-state index in [2.05, 4.69) is 10.3 Å². The van der Waals surface area contributed by atoms with E-state index in [-0.39, 0.29) is 12.5 Å². The second-order valence-electron chi connectivity index (χ2n) is 4.11. The molecule has 1 aromatic heterocycles. The van der Waals surface area contributed by atoms with Crippen LogP contribution in [0, 0.1) is 0 Å². The predicted octanol–water partition coefficient (Wildman–Crippen LogP) is 1.38. The lowest BCUT2D eigenvalue weighted by atomic mass is 9.77. The van der Waals surface area contributed by atoms with Crippen LogP contribution in [0.1, 0.15) is 29.6 Å². The molecule has 1 aliphatic rings. The normalized spacial score (nSPS) is 17.6. The van der Waals surface area contributed by atoms with E-state index >= 15 is 0 Å². The van der Waals surface area contributed by atoms with Gasteiger partial charge in [-0.1, -0.05) is 11.6 Å². The summed E-state index contributed by atoms with van der Waals surface area (Å²) in [5, 5.41) is 12.4. The van der Waals surface area contributed by atoms with E-state index in [1.807, 2.05) is 0 Å². The standard InChI is InChI=1S/C11H13ClN2O2/c12-9-6-8(2-5-13-9)10(16)14-11(7-15)3-1-4-11/h2,5-6,15H,1,3-4,7H2,(H,14,16). The smallest absolute Gasteiger partial charge is 0.251 e. The number of aliphatic hydroxyl groups excluding tert-OH is 1. The maximum atomic E-state index is 11.9. The van der Waals surface area contributed by atoms with E-state index in [1.54, 1.807) is 6.07 Å². The van der Waals surface area contributed by atoms with Crippen LogP contribution in [0.25, 0.3) is 0 Å². The Hall–Kier alpha value is -1.13. The van der Waals surface area contributed by atoms with Gasteiger partial charge in [-0.25, -0.2) is 4.98 Å². The lowest BCUT2D eigenvalue weighted by Gasteiger charge is -2.40. The second kappa shape index (κ2) is 4.39. The number of rotatable bonds is 3. The highest BCUT2D eigenvalue weighted by Crippen LogP contribution is 2.31. The fourth-order valence-corrected chi connectivity index (χ4v) is 1.96. The zero-order valence-electron chi connectivity index (χ0n) is 8.74. The summed E-state index contributed by atoms with van der Waals surface area (Å²) in [6.07, 6.45) is 4.18. The van der Waals surface area contributed by atoms with Gasteiger partial charge >= 0.3 is 0 Å². The number of nitrogens with one attached hydrogen (secondary N) is 1.